The molecule has 0 aromatic heterocycles. The average Bonchev–Trinajstić information content (AvgIpc) is 3.20. The van der Waals surface area contributed by atoms with Crippen LogP contribution in [-0.4, -0.2) is 24.3 Å². The molecule has 0 spiro atoms. The minimum atomic E-state index is -0.991. The monoisotopic (exact) mass is 402 g/mol. The zero-order valence-corrected chi connectivity index (χ0v) is 16.9. The number of carboxylic acid groups (broad SMARTS) is 1. The molecule has 1 N–H and O–H groups in total. The van der Waals surface area contributed by atoms with Gasteiger partial charge in [-0.1, -0.05) is 79.2 Å². The summed E-state index contributed by atoms with van der Waals surface area (Å²) < 4.78 is 11.3. The third-order valence-electron chi connectivity index (χ3n) is 5.68. The largest absolute Gasteiger partial charge is 0.489 e. The molecule has 1 heterocycles. The quantitative estimate of drug-likeness (QED) is 0.504. The zero-order valence-electron chi connectivity index (χ0n) is 16.9. The molecule has 1 unspecified atom stereocenters. The van der Waals surface area contributed by atoms with Crippen molar-refractivity contribution in [2.45, 2.75) is 31.1 Å². The molecule has 3 aromatic rings. The van der Waals surface area contributed by atoms with Crippen LogP contribution in [0.4, 0.5) is 0 Å². The predicted molar refractivity (Wildman–Crippen MR) is 116 cm³/mol. The van der Waals surface area contributed by atoms with Crippen molar-refractivity contribution in [1.29, 1.82) is 0 Å². The minimum Gasteiger partial charge on any atom is -0.489 e. The number of ether oxygens (including phenoxy) is 2. The number of carboxylic acids is 1. The van der Waals surface area contributed by atoms with E-state index in [2.05, 4.69) is 66.7 Å². The first-order valence-electron chi connectivity index (χ1n) is 10.4. The van der Waals surface area contributed by atoms with Gasteiger partial charge in [0.15, 0.2) is 18.1 Å². The zero-order chi connectivity index (χ0) is 20.8. The van der Waals surface area contributed by atoms with E-state index in [1.807, 2.05) is 6.07 Å². The van der Waals surface area contributed by atoms with Crippen LogP contribution in [0.3, 0.4) is 0 Å². The highest BCUT2D eigenvalue weighted by atomic mass is 16.5. The highest BCUT2D eigenvalue weighted by Crippen LogP contribution is 2.43. The normalized spacial score (nSPS) is 14.9. The molecule has 3 aromatic carbocycles. The van der Waals surface area contributed by atoms with Crippen LogP contribution in [0.15, 0.2) is 78.9 Å². The standard InChI is InChI=1S/C26H26O4/c27-25(28)18-29-24-16-8-15-23-21(17-30-26(23)24)13-7-14-22(19-9-3-1-4-10-19)20-11-5-2-6-12-20/h1-6,8-12,15-16,21-22H,7,13-14,17-18H2,(H,27,28). The van der Waals surface area contributed by atoms with Gasteiger partial charge in [-0.15, -0.1) is 0 Å². The minimum absolute atomic E-state index is 0.306. The lowest BCUT2D eigenvalue weighted by Crippen LogP contribution is -2.09. The Bertz CT molecular complexity index is 929. The van der Waals surface area contributed by atoms with Crippen LogP contribution in [0.1, 0.15) is 47.8 Å². The van der Waals surface area contributed by atoms with Crippen molar-refractivity contribution in [2.75, 3.05) is 13.2 Å². The summed E-state index contributed by atoms with van der Waals surface area (Å²) in [4.78, 5) is 10.8. The third kappa shape index (κ3) is 4.65. The molecule has 0 amide bonds. The molecule has 1 aliphatic heterocycles. The van der Waals surface area contributed by atoms with E-state index in [1.54, 1.807) is 6.07 Å². The fourth-order valence-corrected chi connectivity index (χ4v) is 4.24. The van der Waals surface area contributed by atoms with Gasteiger partial charge in [0.05, 0.1) is 6.61 Å². The SMILES string of the molecule is O=C(O)COc1cccc2c1OCC2CCCC(c1ccccc1)c1ccccc1. The van der Waals surface area contributed by atoms with Gasteiger partial charge in [-0.3, -0.25) is 0 Å². The van der Waals surface area contributed by atoms with Crippen molar-refractivity contribution >= 4 is 5.97 Å². The summed E-state index contributed by atoms with van der Waals surface area (Å²) in [5.41, 5.74) is 3.81. The summed E-state index contributed by atoms with van der Waals surface area (Å²) in [7, 11) is 0. The summed E-state index contributed by atoms with van der Waals surface area (Å²) in [6, 6.07) is 27.1. The van der Waals surface area contributed by atoms with E-state index in [1.165, 1.54) is 11.1 Å². The summed E-state index contributed by atoms with van der Waals surface area (Å²) in [6.07, 6.45) is 3.16. The second-order valence-corrected chi connectivity index (χ2v) is 7.67. The highest BCUT2D eigenvalue weighted by Gasteiger charge is 2.27. The molecule has 0 saturated carbocycles. The summed E-state index contributed by atoms with van der Waals surface area (Å²) in [5.74, 6) is 0.908. The number of benzene rings is 3. The predicted octanol–water partition coefficient (Wildman–Crippen LogP) is 5.63. The van der Waals surface area contributed by atoms with Crippen molar-refractivity contribution in [1.82, 2.24) is 0 Å². The fourth-order valence-electron chi connectivity index (χ4n) is 4.24. The van der Waals surface area contributed by atoms with Crippen molar-refractivity contribution in [3.63, 3.8) is 0 Å². The molecule has 0 radical (unpaired) electrons. The maximum absolute atomic E-state index is 10.8. The van der Waals surface area contributed by atoms with Crippen LogP contribution in [0.5, 0.6) is 11.5 Å². The molecule has 1 atom stereocenters. The van der Waals surface area contributed by atoms with E-state index in [0.717, 1.165) is 24.8 Å². The number of aliphatic carboxylic acids is 1. The molecule has 0 saturated heterocycles. The van der Waals surface area contributed by atoms with Crippen molar-refractivity contribution in [3.05, 3.63) is 95.6 Å². The lowest BCUT2D eigenvalue weighted by atomic mass is 9.85. The lowest BCUT2D eigenvalue weighted by Gasteiger charge is -2.19. The highest BCUT2D eigenvalue weighted by molar-refractivity contribution is 5.68. The molecule has 154 valence electrons. The van der Waals surface area contributed by atoms with E-state index < -0.39 is 5.97 Å². The Morgan fingerprint density at radius 1 is 0.967 bits per heavy atom. The van der Waals surface area contributed by atoms with Crippen molar-refractivity contribution in [2.24, 2.45) is 0 Å². The lowest BCUT2D eigenvalue weighted by molar-refractivity contribution is -0.139. The summed E-state index contributed by atoms with van der Waals surface area (Å²) in [6.45, 7) is 0.254. The van der Waals surface area contributed by atoms with Gasteiger partial charge >= 0.3 is 5.97 Å². The second kappa shape index (κ2) is 9.49. The Hall–Kier alpha value is -3.27. The van der Waals surface area contributed by atoms with Gasteiger partial charge in [-0.05, 0) is 30.0 Å². The number of hydrogen-bond donors (Lipinski definition) is 1. The number of fused-ring (bicyclic) bond motifs is 1. The first-order valence-corrected chi connectivity index (χ1v) is 10.4. The second-order valence-electron chi connectivity index (χ2n) is 7.67. The first-order chi connectivity index (χ1) is 14.7. The van der Waals surface area contributed by atoms with Gasteiger partial charge in [0.2, 0.25) is 0 Å². The number of hydrogen-bond acceptors (Lipinski definition) is 3. The van der Waals surface area contributed by atoms with Gasteiger partial charge in [-0.2, -0.15) is 0 Å². The van der Waals surface area contributed by atoms with Crippen LogP contribution >= 0.6 is 0 Å². The maximum Gasteiger partial charge on any atom is 0.341 e. The maximum atomic E-state index is 10.8. The molecule has 0 aliphatic carbocycles. The molecular weight excluding hydrogens is 376 g/mol. The van der Waals surface area contributed by atoms with Crippen LogP contribution in [-0.2, 0) is 4.79 Å². The van der Waals surface area contributed by atoms with Gasteiger partial charge < -0.3 is 14.6 Å². The van der Waals surface area contributed by atoms with Gasteiger partial charge in [-0.25, -0.2) is 4.79 Å². The van der Waals surface area contributed by atoms with Gasteiger partial charge in [0.25, 0.3) is 0 Å². The molecule has 0 bridgehead atoms. The number of carbonyl (C=O) groups is 1. The Kier molecular flexibility index (Phi) is 6.33. The van der Waals surface area contributed by atoms with E-state index in [4.69, 9.17) is 14.6 Å². The van der Waals surface area contributed by atoms with E-state index in [0.29, 0.717) is 29.9 Å². The Labute approximate surface area is 177 Å². The van der Waals surface area contributed by atoms with E-state index in [-0.39, 0.29) is 6.61 Å². The van der Waals surface area contributed by atoms with Crippen LogP contribution in [0, 0.1) is 0 Å². The van der Waals surface area contributed by atoms with Crippen molar-refractivity contribution < 1.29 is 19.4 Å². The van der Waals surface area contributed by atoms with Gasteiger partial charge in [0.1, 0.15) is 0 Å². The molecule has 4 nitrogen and oxygen atoms in total. The molecule has 4 heteroatoms. The summed E-state index contributed by atoms with van der Waals surface area (Å²) >= 11 is 0. The Morgan fingerprint density at radius 3 is 2.27 bits per heavy atom. The van der Waals surface area contributed by atoms with E-state index in [9.17, 15) is 4.79 Å². The Balaban J connectivity index is 1.43. The molecule has 30 heavy (non-hydrogen) atoms. The molecular formula is C26H26O4. The number of para-hydroxylation sites is 1. The molecule has 0 fully saturated rings. The van der Waals surface area contributed by atoms with E-state index >= 15 is 0 Å². The molecule has 4 rings (SSSR count). The summed E-state index contributed by atoms with van der Waals surface area (Å²) in [5, 5.41) is 8.87. The Morgan fingerprint density at radius 2 is 1.63 bits per heavy atom. The first kappa shape index (κ1) is 20.0. The number of rotatable bonds is 9. The molecule has 1 aliphatic rings. The fraction of sp³-hybridized carbons (Fsp3) is 0.269. The smallest absolute Gasteiger partial charge is 0.341 e. The van der Waals surface area contributed by atoms with Crippen LogP contribution < -0.4 is 9.47 Å². The van der Waals surface area contributed by atoms with Gasteiger partial charge in [0, 0.05) is 17.4 Å². The van der Waals surface area contributed by atoms with Crippen LogP contribution in [0.2, 0.25) is 0 Å². The van der Waals surface area contributed by atoms with Crippen molar-refractivity contribution in [3.8, 4) is 11.5 Å². The third-order valence-corrected chi connectivity index (χ3v) is 5.68. The topological polar surface area (TPSA) is 55.8 Å². The average molecular weight is 402 g/mol. The van der Waals surface area contributed by atoms with Crippen LogP contribution in [0.25, 0.3) is 0 Å².